The monoisotopic (exact) mass is 335 g/mol. The maximum Gasteiger partial charge on any atom is 0.246 e. The predicted molar refractivity (Wildman–Crippen MR) is 85.8 cm³/mol. The van der Waals surface area contributed by atoms with E-state index in [2.05, 4.69) is 10.3 Å². The Morgan fingerprint density at radius 2 is 2.05 bits per heavy atom. The fourth-order valence-electron chi connectivity index (χ4n) is 1.99. The van der Waals surface area contributed by atoms with Crippen molar-refractivity contribution < 1.29 is 13.2 Å². The van der Waals surface area contributed by atoms with Crippen molar-refractivity contribution in [2.75, 3.05) is 11.6 Å². The summed E-state index contributed by atoms with van der Waals surface area (Å²) in [5, 5.41) is 3.18. The molecule has 1 N–H and O–H groups in total. The van der Waals surface area contributed by atoms with E-state index in [4.69, 9.17) is 0 Å². The third-order valence-electron chi connectivity index (χ3n) is 3.03. The van der Waals surface area contributed by atoms with Gasteiger partial charge in [0.05, 0.1) is 15.1 Å². The van der Waals surface area contributed by atoms with E-state index in [0.29, 0.717) is 10.6 Å². The zero-order valence-electron chi connectivity index (χ0n) is 11.7. The Bertz CT molecular complexity index is 928. The topological polar surface area (TPSA) is 81.1 Å². The molecule has 0 bridgehead atoms. The molecule has 114 valence electrons. The fourth-order valence-corrected chi connectivity index (χ4v) is 3.63. The molecule has 3 aromatic rings. The Labute approximate surface area is 131 Å². The number of sulfone groups is 1. The first kappa shape index (κ1) is 14.7. The smallest absolute Gasteiger partial charge is 0.246 e. The minimum atomic E-state index is -3.25. The van der Waals surface area contributed by atoms with Crippen LogP contribution in [-0.2, 0) is 21.2 Å². The highest BCUT2D eigenvalue weighted by molar-refractivity contribution is 7.90. The van der Waals surface area contributed by atoms with Crippen molar-refractivity contribution in [2.24, 2.45) is 0 Å². The molecule has 1 aromatic carbocycles. The molecule has 1 amide bonds. The second kappa shape index (κ2) is 5.54. The van der Waals surface area contributed by atoms with E-state index in [-0.39, 0.29) is 17.3 Å². The molecule has 0 aliphatic heterocycles. The van der Waals surface area contributed by atoms with Gasteiger partial charge in [0, 0.05) is 18.6 Å². The number of hydrogen-bond acceptors (Lipinski definition) is 5. The number of anilines is 1. The molecule has 22 heavy (non-hydrogen) atoms. The van der Waals surface area contributed by atoms with E-state index in [1.165, 1.54) is 17.4 Å². The fraction of sp³-hybridized carbons (Fsp3) is 0.143. The van der Waals surface area contributed by atoms with Gasteiger partial charge < -0.3 is 9.88 Å². The SMILES string of the molecule is CS(=O)(=O)c1ccc2nc(NC(=O)Cn3cccc3)sc2c1. The van der Waals surface area contributed by atoms with Crippen molar-refractivity contribution in [3.63, 3.8) is 0 Å². The molecular weight excluding hydrogens is 322 g/mol. The molecule has 6 nitrogen and oxygen atoms in total. The molecule has 0 saturated heterocycles. The number of benzene rings is 1. The van der Waals surface area contributed by atoms with Gasteiger partial charge in [-0.2, -0.15) is 0 Å². The van der Waals surface area contributed by atoms with Crippen LogP contribution in [0, 0.1) is 0 Å². The lowest BCUT2D eigenvalue weighted by Gasteiger charge is -2.02. The van der Waals surface area contributed by atoms with Crippen LogP contribution in [0.1, 0.15) is 0 Å². The number of fused-ring (bicyclic) bond motifs is 1. The lowest BCUT2D eigenvalue weighted by molar-refractivity contribution is -0.116. The molecule has 0 saturated carbocycles. The highest BCUT2D eigenvalue weighted by Gasteiger charge is 2.12. The molecule has 0 aliphatic carbocycles. The van der Waals surface area contributed by atoms with Gasteiger partial charge in [-0.3, -0.25) is 4.79 Å². The average Bonchev–Trinajstić information content (AvgIpc) is 3.04. The van der Waals surface area contributed by atoms with Gasteiger partial charge in [0.25, 0.3) is 0 Å². The second-order valence-electron chi connectivity index (χ2n) is 4.82. The number of hydrogen-bond donors (Lipinski definition) is 1. The average molecular weight is 335 g/mol. The van der Waals surface area contributed by atoms with Crippen molar-refractivity contribution in [1.82, 2.24) is 9.55 Å². The highest BCUT2D eigenvalue weighted by Crippen LogP contribution is 2.28. The van der Waals surface area contributed by atoms with Crippen LogP contribution in [0.25, 0.3) is 10.2 Å². The third kappa shape index (κ3) is 3.18. The number of aromatic nitrogens is 2. The summed E-state index contributed by atoms with van der Waals surface area (Å²) in [7, 11) is -3.25. The highest BCUT2D eigenvalue weighted by atomic mass is 32.2. The van der Waals surface area contributed by atoms with E-state index in [9.17, 15) is 13.2 Å². The second-order valence-corrected chi connectivity index (χ2v) is 7.87. The van der Waals surface area contributed by atoms with Crippen molar-refractivity contribution in [3.05, 3.63) is 42.7 Å². The third-order valence-corrected chi connectivity index (χ3v) is 5.07. The number of amides is 1. The molecule has 8 heteroatoms. The number of carbonyl (C=O) groups is 1. The van der Waals surface area contributed by atoms with Crippen LogP contribution in [0.15, 0.2) is 47.6 Å². The van der Waals surface area contributed by atoms with Crippen LogP contribution >= 0.6 is 11.3 Å². The van der Waals surface area contributed by atoms with Crippen LogP contribution in [0.5, 0.6) is 0 Å². The summed E-state index contributed by atoms with van der Waals surface area (Å²) in [6, 6.07) is 8.42. The first-order valence-electron chi connectivity index (χ1n) is 6.43. The molecule has 0 unspecified atom stereocenters. The number of thiazole rings is 1. The molecule has 0 aliphatic rings. The Morgan fingerprint density at radius 1 is 1.32 bits per heavy atom. The Morgan fingerprint density at radius 3 is 2.73 bits per heavy atom. The molecule has 2 aromatic heterocycles. The standard InChI is InChI=1S/C14H13N3O3S2/c1-22(19,20)10-4-5-11-12(8-10)21-14(15-11)16-13(18)9-17-6-2-3-7-17/h2-8H,9H2,1H3,(H,15,16,18). The van der Waals surface area contributed by atoms with E-state index in [1.807, 2.05) is 12.1 Å². The molecule has 2 heterocycles. The first-order valence-corrected chi connectivity index (χ1v) is 9.14. The van der Waals surface area contributed by atoms with E-state index < -0.39 is 9.84 Å². The Kier molecular flexibility index (Phi) is 3.71. The van der Waals surface area contributed by atoms with E-state index in [0.717, 1.165) is 11.0 Å². The summed E-state index contributed by atoms with van der Waals surface area (Å²) in [6.07, 6.45) is 4.77. The zero-order chi connectivity index (χ0) is 15.7. The van der Waals surface area contributed by atoms with Crippen molar-refractivity contribution in [1.29, 1.82) is 0 Å². The number of nitrogens with zero attached hydrogens (tertiary/aromatic N) is 2. The lowest BCUT2D eigenvalue weighted by atomic mass is 10.3. The van der Waals surface area contributed by atoms with Gasteiger partial charge in [0.1, 0.15) is 6.54 Å². The quantitative estimate of drug-likeness (QED) is 0.792. The van der Waals surface area contributed by atoms with Gasteiger partial charge in [-0.25, -0.2) is 13.4 Å². The van der Waals surface area contributed by atoms with Crippen LogP contribution in [0.2, 0.25) is 0 Å². The number of carbonyl (C=O) groups excluding carboxylic acids is 1. The predicted octanol–water partition coefficient (Wildman–Crippen LogP) is 2.14. The van der Waals surface area contributed by atoms with Crippen LogP contribution < -0.4 is 5.32 Å². The van der Waals surface area contributed by atoms with Gasteiger partial charge >= 0.3 is 0 Å². The molecule has 0 spiro atoms. The van der Waals surface area contributed by atoms with Gasteiger partial charge in [-0.05, 0) is 30.3 Å². The molecule has 0 radical (unpaired) electrons. The number of nitrogens with one attached hydrogen (secondary N) is 1. The molecule has 3 rings (SSSR count). The summed E-state index contributed by atoms with van der Waals surface area (Å²) in [5.74, 6) is -0.182. The van der Waals surface area contributed by atoms with E-state index >= 15 is 0 Å². The Balaban J connectivity index is 1.81. The molecule has 0 fully saturated rings. The van der Waals surface area contributed by atoms with Crippen LogP contribution in [-0.4, -0.2) is 30.1 Å². The molecular formula is C14H13N3O3S2. The summed E-state index contributed by atoms with van der Waals surface area (Å²) in [6.45, 7) is 0.206. The van der Waals surface area contributed by atoms with Crippen LogP contribution in [0.4, 0.5) is 5.13 Å². The van der Waals surface area contributed by atoms with Gasteiger partial charge in [0.2, 0.25) is 5.91 Å². The van der Waals surface area contributed by atoms with Gasteiger partial charge in [-0.1, -0.05) is 11.3 Å². The normalized spacial score (nSPS) is 11.7. The van der Waals surface area contributed by atoms with Crippen molar-refractivity contribution in [2.45, 2.75) is 11.4 Å². The van der Waals surface area contributed by atoms with Gasteiger partial charge in [-0.15, -0.1) is 0 Å². The zero-order valence-corrected chi connectivity index (χ0v) is 13.3. The first-order chi connectivity index (χ1) is 10.4. The maximum atomic E-state index is 11.9. The summed E-state index contributed by atoms with van der Waals surface area (Å²) in [5.41, 5.74) is 0.661. The minimum Gasteiger partial charge on any atom is -0.345 e. The minimum absolute atomic E-state index is 0.182. The molecule has 0 atom stereocenters. The summed E-state index contributed by atoms with van der Waals surface area (Å²) >= 11 is 1.25. The summed E-state index contributed by atoms with van der Waals surface area (Å²) < 4.78 is 25.6. The Hall–Kier alpha value is -2.19. The lowest BCUT2D eigenvalue weighted by Crippen LogP contribution is -2.17. The number of rotatable bonds is 4. The van der Waals surface area contributed by atoms with Crippen LogP contribution in [0.3, 0.4) is 0 Å². The largest absolute Gasteiger partial charge is 0.345 e. The van der Waals surface area contributed by atoms with Crippen molar-refractivity contribution in [3.8, 4) is 0 Å². The summed E-state index contributed by atoms with van der Waals surface area (Å²) in [4.78, 5) is 16.5. The van der Waals surface area contributed by atoms with E-state index in [1.54, 1.807) is 29.1 Å². The van der Waals surface area contributed by atoms with Crippen molar-refractivity contribution >= 4 is 42.4 Å². The maximum absolute atomic E-state index is 11.9. The van der Waals surface area contributed by atoms with Gasteiger partial charge in [0.15, 0.2) is 15.0 Å².